The lowest BCUT2D eigenvalue weighted by Gasteiger charge is -2.16. The number of fused-ring (bicyclic) bond motifs is 1. The first kappa shape index (κ1) is 18.4. The average Bonchev–Trinajstić information content (AvgIpc) is 3.45. The molecule has 5 rings (SSSR count). The summed E-state index contributed by atoms with van der Waals surface area (Å²) in [7, 11) is 1.65. The van der Waals surface area contributed by atoms with Gasteiger partial charge in [0.25, 0.3) is 0 Å². The maximum Gasteiger partial charge on any atom is 0.236 e. The summed E-state index contributed by atoms with van der Waals surface area (Å²) in [4.78, 5) is 21.9. The molecular weight excluding hydrogens is 382 g/mol. The van der Waals surface area contributed by atoms with E-state index >= 15 is 0 Å². The summed E-state index contributed by atoms with van der Waals surface area (Å²) in [6, 6.07) is 13.5. The number of rotatable bonds is 6. The maximum absolute atomic E-state index is 13.1. The first-order valence-corrected chi connectivity index (χ1v) is 9.82. The Morgan fingerprint density at radius 1 is 1.13 bits per heavy atom. The zero-order valence-corrected chi connectivity index (χ0v) is 16.6. The van der Waals surface area contributed by atoms with Crippen LogP contribution in [0.2, 0.25) is 0 Å². The van der Waals surface area contributed by atoms with E-state index in [1.54, 1.807) is 19.5 Å². The second-order valence-electron chi connectivity index (χ2n) is 7.49. The third-order valence-electron chi connectivity index (χ3n) is 5.60. The molecule has 2 aliphatic rings. The second-order valence-corrected chi connectivity index (χ2v) is 7.49. The molecule has 1 aliphatic heterocycles. The molecule has 2 heterocycles. The Morgan fingerprint density at radius 2 is 1.97 bits per heavy atom. The summed E-state index contributed by atoms with van der Waals surface area (Å²) in [6.07, 6.45) is 5.40. The van der Waals surface area contributed by atoms with E-state index in [9.17, 15) is 4.79 Å². The van der Waals surface area contributed by atoms with Gasteiger partial charge in [-0.2, -0.15) is 0 Å². The first-order chi connectivity index (χ1) is 14.7. The van der Waals surface area contributed by atoms with E-state index in [0.717, 1.165) is 35.4 Å². The molecule has 1 aliphatic carbocycles. The summed E-state index contributed by atoms with van der Waals surface area (Å²) >= 11 is 0. The van der Waals surface area contributed by atoms with Gasteiger partial charge < -0.3 is 19.5 Å². The number of hydrogen-bond acceptors (Lipinski definition) is 6. The van der Waals surface area contributed by atoms with Crippen molar-refractivity contribution in [1.29, 1.82) is 0 Å². The number of nitrogens with one attached hydrogen (secondary N) is 1. The van der Waals surface area contributed by atoms with Crippen molar-refractivity contribution in [2.45, 2.75) is 24.7 Å². The van der Waals surface area contributed by atoms with Crippen LogP contribution in [-0.4, -0.2) is 29.8 Å². The van der Waals surface area contributed by atoms with Gasteiger partial charge in [-0.3, -0.25) is 9.78 Å². The summed E-state index contributed by atoms with van der Waals surface area (Å²) in [5.74, 6) is 2.56. The zero-order chi connectivity index (χ0) is 20.6. The summed E-state index contributed by atoms with van der Waals surface area (Å²) in [6.45, 7) is 0.215. The van der Waals surface area contributed by atoms with Crippen LogP contribution in [0.5, 0.6) is 17.2 Å². The van der Waals surface area contributed by atoms with Gasteiger partial charge in [0.15, 0.2) is 17.3 Å². The van der Waals surface area contributed by atoms with Crippen molar-refractivity contribution in [3.05, 3.63) is 71.7 Å². The molecule has 0 radical (unpaired) electrons. The van der Waals surface area contributed by atoms with Gasteiger partial charge in [0, 0.05) is 18.2 Å². The largest absolute Gasteiger partial charge is 0.496 e. The quantitative estimate of drug-likeness (QED) is 0.679. The van der Waals surface area contributed by atoms with Crippen molar-refractivity contribution in [1.82, 2.24) is 9.97 Å². The van der Waals surface area contributed by atoms with E-state index in [-0.39, 0.29) is 12.7 Å². The standard InChI is InChI=1S/C23H21N3O4/c1-28-18-5-3-2-4-15(18)10-17-12-24-13-21(25-17)26-22(27)23(8-9-23)16-6-7-19-20(11-16)30-14-29-19/h2-7,11-13H,8-10,14H2,1H3,(H,25,26,27). The zero-order valence-electron chi connectivity index (χ0n) is 16.6. The van der Waals surface area contributed by atoms with E-state index in [2.05, 4.69) is 15.3 Å². The number of carbonyl (C=O) groups is 1. The number of nitrogens with zero attached hydrogens (tertiary/aromatic N) is 2. The van der Waals surface area contributed by atoms with E-state index < -0.39 is 5.41 Å². The van der Waals surface area contributed by atoms with Gasteiger partial charge in [0.2, 0.25) is 12.7 Å². The molecule has 0 bridgehead atoms. The summed E-state index contributed by atoms with van der Waals surface area (Å²) in [5, 5.41) is 2.95. The second kappa shape index (κ2) is 7.33. The van der Waals surface area contributed by atoms with Crippen LogP contribution in [0, 0.1) is 0 Å². The fourth-order valence-electron chi connectivity index (χ4n) is 3.80. The van der Waals surface area contributed by atoms with Gasteiger partial charge in [-0.15, -0.1) is 0 Å². The molecule has 7 heteroatoms. The van der Waals surface area contributed by atoms with Gasteiger partial charge >= 0.3 is 0 Å². The molecule has 1 N–H and O–H groups in total. The van der Waals surface area contributed by atoms with Crippen LogP contribution in [0.4, 0.5) is 5.82 Å². The van der Waals surface area contributed by atoms with Crippen molar-refractivity contribution in [3.63, 3.8) is 0 Å². The minimum absolute atomic E-state index is 0.0786. The first-order valence-electron chi connectivity index (χ1n) is 9.82. The highest BCUT2D eigenvalue weighted by atomic mass is 16.7. The number of para-hydroxylation sites is 1. The molecule has 152 valence electrons. The van der Waals surface area contributed by atoms with Gasteiger partial charge in [-0.1, -0.05) is 24.3 Å². The number of anilines is 1. The molecule has 0 unspecified atom stereocenters. The Bertz CT molecular complexity index is 1110. The minimum Gasteiger partial charge on any atom is -0.496 e. The fourth-order valence-corrected chi connectivity index (χ4v) is 3.80. The highest BCUT2D eigenvalue weighted by molar-refractivity contribution is 6.00. The van der Waals surface area contributed by atoms with Crippen molar-refractivity contribution >= 4 is 11.7 Å². The van der Waals surface area contributed by atoms with E-state index in [1.165, 1.54) is 0 Å². The Morgan fingerprint density at radius 3 is 2.80 bits per heavy atom. The number of hydrogen-bond donors (Lipinski definition) is 1. The molecule has 0 atom stereocenters. The summed E-state index contributed by atoms with van der Waals surface area (Å²) in [5.41, 5.74) is 2.14. The third kappa shape index (κ3) is 3.32. The lowest BCUT2D eigenvalue weighted by atomic mass is 9.94. The Hall–Kier alpha value is -3.61. The van der Waals surface area contributed by atoms with Crippen molar-refractivity contribution < 1.29 is 19.0 Å². The van der Waals surface area contributed by atoms with Crippen LogP contribution in [0.3, 0.4) is 0 Å². The van der Waals surface area contributed by atoms with Crippen molar-refractivity contribution in [2.24, 2.45) is 0 Å². The molecular formula is C23H21N3O4. The summed E-state index contributed by atoms with van der Waals surface area (Å²) < 4.78 is 16.2. The highest BCUT2D eigenvalue weighted by Gasteiger charge is 2.51. The Balaban J connectivity index is 1.33. The smallest absolute Gasteiger partial charge is 0.236 e. The highest BCUT2D eigenvalue weighted by Crippen LogP contribution is 2.51. The lowest BCUT2D eigenvalue weighted by molar-refractivity contribution is -0.118. The van der Waals surface area contributed by atoms with Crippen LogP contribution >= 0.6 is 0 Å². The number of benzene rings is 2. The molecule has 30 heavy (non-hydrogen) atoms. The molecule has 2 aromatic carbocycles. The number of aromatic nitrogens is 2. The SMILES string of the molecule is COc1ccccc1Cc1cncc(NC(=O)C2(c3ccc4c(c3)OCO4)CC2)n1. The molecule has 0 saturated heterocycles. The van der Waals surface area contributed by atoms with Crippen molar-refractivity contribution in [3.8, 4) is 17.2 Å². The monoisotopic (exact) mass is 403 g/mol. The molecule has 1 fully saturated rings. The fraction of sp³-hybridized carbons (Fsp3) is 0.261. The van der Waals surface area contributed by atoms with Crippen LogP contribution < -0.4 is 19.5 Å². The van der Waals surface area contributed by atoms with Crippen molar-refractivity contribution in [2.75, 3.05) is 19.2 Å². The average molecular weight is 403 g/mol. The molecule has 1 saturated carbocycles. The molecule has 1 aromatic heterocycles. The van der Waals surface area contributed by atoms with E-state index in [4.69, 9.17) is 14.2 Å². The third-order valence-corrected chi connectivity index (χ3v) is 5.60. The van der Waals surface area contributed by atoms with Crippen LogP contribution in [0.1, 0.15) is 29.7 Å². The maximum atomic E-state index is 13.1. The predicted molar refractivity (Wildman–Crippen MR) is 110 cm³/mol. The normalized spacial score (nSPS) is 15.5. The number of carbonyl (C=O) groups excluding carboxylic acids is 1. The Kier molecular flexibility index (Phi) is 4.50. The number of methoxy groups -OCH3 is 1. The van der Waals surface area contributed by atoms with Crippen LogP contribution in [0.15, 0.2) is 54.9 Å². The Labute approximate surface area is 174 Å². The molecule has 3 aromatic rings. The number of amides is 1. The molecule has 7 nitrogen and oxygen atoms in total. The van der Waals surface area contributed by atoms with Gasteiger partial charge in [0.1, 0.15) is 5.75 Å². The van der Waals surface area contributed by atoms with E-state index in [0.29, 0.717) is 23.7 Å². The van der Waals surface area contributed by atoms with Gasteiger partial charge in [0.05, 0.1) is 24.4 Å². The van der Waals surface area contributed by atoms with Gasteiger partial charge in [-0.25, -0.2) is 4.98 Å². The van der Waals surface area contributed by atoms with Crippen LogP contribution in [-0.2, 0) is 16.6 Å². The predicted octanol–water partition coefficient (Wildman–Crippen LogP) is 3.48. The molecule has 1 amide bonds. The van der Waals surface area contributed by atoms with E-state index in [1.807, 2.05) is 42.5 Å². The van der Waals surface area contributed by atoms with Gasteiger partial charge in [-0.05, 0) is 36.6 Å². The lowest BCUT2D eigenvalue weighted by Crippen LogP contribution is -2.28. The minimum atomic E-state index is -0.554. The van der Waals surface area contributed by atoms with Crippen LogP contribution in [0.25, 0.3) is 0 Å². The topological polar surface area (TPSA) is 82.6 Å². The molecule has 0 spiro atoms. The number of ether oxygens (including phenoxy) is 3.